The summed E-state index contributed by atoms with van der Waals surface area (Å²) < 4.78 is 17.1. The Kier molecular flexibility index (Phi) is 15.8. The number of hydrogen-bond acceptors (Lipinski definition) is 12. The van der Waals surface area contributed by atoms with Crippen LogP contribution < -0.4 is 21.0 Å². The van der Waals surface area contributed by atoms with Crippen LogP contribution in [0.4, 0.5) is 0 Å². The van der Waals surface area contributed by atoms with Crippen LogP contribution in [0.3, 0.4) is 0 Å². The van der Waals surface area contributed by atoms with Crippen LogP contribution in [0.25, 0.3) is 0 Å². The monoisotopic (exact) mass is 943 g/mol. The standard InChI is InChI=1S/C47H58N7O12P/c1-7-27-23(3)32-19-34-25(5)29(44(52-34)30-18-39(55)43-26(6)35(53-45(30)43)21-37-28(8-2)24(4)33(50-37)20-36(27)49-32)13-15-40(56)48-17-11-9-10-12-41(57)51-38(47(62)63)22-66-67(64,65)54-31(46(60)61)14-16-42(58)59/h7,19-21,25,29,31,38,52,55H,1,8-18,22H2,2-6H3,(H,48,56)(H,51,57)(H,58,59)(H,60,61)(H,62,63)(H2,54,64,65)/t25-,29?,31-,38-/m0/s1. The minimum absolute atomic E-state index is 0.0498. The summed E-state index contributed by atoms with van der Waals surface area (Å²) in [6, 6.07) is -3.50. The van der Waals surface area contributed by atoms with Gasteiger partial charge in [0.05, 0.1) is 40.8 Å². The highest BCUT2D eigenvalue weighted by Crippen LogP contribution is 2.46. The lowest BCUT2D eigenvalue weighted by Gasteiger charge is -2.20. The Balaban J connectivity index is 1.06. The molecule has 9 N–H and O–H groups in total. The molecule has 0 aromatic rings. The zero-order valence-electron chi connectivity index (χ0n) is 38.2. The number of aliphatic hydroxyl groups excluding tert-OH is 1. The Morgan fingerprint density at radius 1 is 0.910 bits per heavy atom. The molecule has 20 heteroatoms. The minimum Gasteiger partial charge on any atom is -0.511 e. The molecule has 2 unspecified atom stereocenters. The predicted octanol–water partition coefficient (Wildman–Crippen LogP) is 5.89. The molecule has 0 aromatic heterocycles. The van der Waals surface area contributed by atoms with E-state index in [0.717, 1.165) is 91.1 Å². The molecule has 1 fully saturated rings. The van der Waals surface area contributed by atoms with Gasteiger partial charge < -0.3 is 41.3 Å². The highest BCUT2D eigenvalue weighted by molar-refractivity contribution is 7.50. The topological polar surface area (TPSA) is 298 Å². The number of aliphatic hydroxyl groups is 1. The smallest absolute Gasteiger partial charge is 0.403 e. The molecule has 6 rings (SSSR count). The van der Waals surface area contributed by atoms with E-state index >= 15 is 0 Å². The Bertz CT molecular complexity index is 2590. The van der Waals surface area contributed by atoms with Crippen molar-refractivity contribution in [1.29, 1.82) is 0 Å². The lowest BCUT2D eigenvalue weighted by Crippen LogP contribution is -2.44. The summed E-state index contributed by atoms with van der Waals surface area (Å²) >= 11 is 0. The number of fused-ring (bicyclic) bond motifs is 5. The summed E-state index contributed by atoms with van der Waals surface area (Å²) in [5.41, 5.74) is 13.1. The summed E-state index contributed by atoms with van der Waals surface area (Å²) in [6.07, 6.45) is 9.79. The van der Waals surface area contributed by atoms with Gasteiger partial charge in [0, 0.05) is 72.2 Å². The number of amides is 2. The fraction of sp³-hybridized carbons (Fsp3) is 0.447. The van der Waals surface area contributed by atoms with E-state index in [9.17, 15) is 48.8 Å². The molecule has 0 saturated carbocycles. The normalized spacial score (nSPS) is 21.5. The van der Waals surface area contributed by atoms with E-state index in [1.54, 1.807) is 5.09 Å². The highest BCUT2D eigenvalue weighted by Gasteiger charge is 2.41. The number of unbranched alkanes of at least 4 members (excludes halogenated alkanes) is 2. The lowest BCUT2D eigenvalue weighted by atomic mass is 9.86. The number of carboxylic acids is 3. The van der Waals surface area contributed by atoms with E-state index in [-0.39, 0.29) is 36.3 Å². The molecule has 5 heterocycles. The van der Waals surface area contributed by atoms with E-state index < -0.39 is 63.1 Å². The van der Waals surface area contributed by atoms with Gasteiger partial charge in [-0.2, -0.15) is 0 Å². The van der Waals surface area contributed by atoms with Crippen LogP contribution in [0.15, 0.2) is 119 Å². The molecule has 5 atom stereocenters. The van der Waals surface area contributed by atoms with Gasteiger partial charge in [0.25, 0.3) is 0 Å². The predicted molar refractivity (Wildman–Crippen MR) is 250 cm³/mol. The molecule has 1 aliphatic carbocycles. The van der Waals surface area contributed by atoms with Crippen LogP contribution in [0.1, 0.15) is 98.8 Å². The maximum absolute atomic E-state index is 13.3. The molecule has 19 nitrogen and oxygen atoms in total. The molecular weight excluding hydrogens is 886 g/mol. The third kappa shape index (κ3) is 11.5. The van der Waals surface area contributed by atoms with Gasteiger partial charge in [0.1, 0.15) is 11.8 Å². The maximum atomic E-state index is 13.3. The Hall–Kier alpha value is -6.27. The maximum Gasteiger partial charge on any atom is 0.403 e. The largest absolute Gasteiger partial charge is 0.511 e. The van der Waals surface area contributed by atoms with Crippen LogP contribution in [0.2, 0.25) is 0 Å². The van der Waals surface area contributed by atoms with Gasteiger partial charge in [-0.25, -0.2) is 29.4 Å². The van der Waals surface area contributed by atoms with Crippen molar-refractivity contribution >= 4 is 54.6 Å². The van der Waals surface area contributed by atoms with Gasteiger partial charge in [0.2, 0.25) is 11.8 Å². The molecular formula is C47H58N7O12P. The third-order valence-corrected chi connectivity index (χ3v) is 13.8. The van der Waals surface area contributed by atoms with Gasteiger partial charge in [0.15, 0.2) is 6.04 Å². The van der Waals surface area contributed by atoms with Crippen molar-refractivity contribution in [3.63, 3.8) is 0 Å². The first-order valence-electron chi connectivity index (χ1n) is 22.3. The Morgan fingerprint density at radius 3 is 2.28 bits per heavy atom. The first-order valence-corrected chi connectivity index (χ1v) is 23.9. The van der Waals surface area contributed by atoms with Crippen LogP contribution in [-0.4, -0.2) is 97.4 Å². The van der Waals surface area contributed by atoms with Gasteiger partial charge in [-0.15, -0.1) is 0 Å². The average Bonchev–Trinajstić information content (AvgIpc) is 4.02. The lowest BCUT2D eigenvalue weighted by molar-refractivity contribution is -0.143. The van der Waals surface area contributed by atoms with Crippen LogP contribution >= 0.6 is 7.75 Å². The van der Waals surface area contributed by atoms with Crippen LogP contribution in [0, 0.1) is 11.8 Å². The number of carbonyl (C=O) groups is 5. The third-order valence-electron chi connectivity index (χ3n) is 12.7. The van der Waals surface area contributed by atoms with Crippen LogP contribution in [0.5, 0.6) is 0 Å². The molecule has 6 aliphatic rings. The Morgan fingerprint density at radius 2 is 1.61 bits per heavy atom. The molecule has 8 bridgehead atoms. The average molecular weight is 944 g/mol. The van der Waals surface area contributed by atoms with Crippen molar-refractivity contribution in [3.8, 4) is 0 Å². The molecule has 0 radical (unpaired) electrons. The number of carboxylic acid groups (broad SMARTS) is 3. The molecule has 0 aromatic carbocycles. The van der Waals surface area contributed by atoms with Gasteiger partial charge in [-0.1, -0.05) is 32.9 Å². The molecule has 5 aliphatic heterocycles. The SMILES string of the molecule is C=CC1=C(C)C2=NC1=CC1=NC(=CC3=C(C)C4=C(O)CC(=C5NC(=C2)[C@@H](C)C5CCC(=O)NCCCCCC(=O)N[C@@H](COP(=O)(O)N[C@@H](CCC(=O)O)C(=O)O)C(=O)O)C4=N3)C(CC)=C1C. The summed E-state index contributed by atoms with van der Waals surface area (Å²) in [6.45, 7) is 13.7. The fourth-order valence-electron chi connectivity index (χ4n) is 8.93. The quantitative estimate of drug-likeness (QED) is 0.0452. The van der Waals surface area contributed by atoms with Crippen LogP contribution in [-0.2, 0) is 33.1 Å². The second-order valence-electron chi connectivity index (χ2n) is 17.2. The molecule has 358 valence electrons. The number of aliphatic carboxylic acids is 3. The summed E-state index contributed by atoms with van der Waals surface area (Å²) in [5.74, 6) is -5.27. The van der Waals surface area contributed by atoms with Crippen molar-refractivity contribution in [3.05, 3.63) is 104 Å². The second-order valence-corrected chi connectivity index (χ2v) is 18.7. The number of allylic oxidation sites excluding steroid dienone is 12. The van der Waals surface area contributed by atoms with E-state index in [4.69, 9.17) is 24.6 Å². The molecule has 67 heavy (non-hydrogen) atoms. The van der Waals surface area contributed by atoms with E-state index in [0.29, 0.717) is 38.6 Å². The number of hydrogen-bond donors (Lipinski definition) is 9. The van der Waals surface area contributed by atoms with E-state index in [1.807, 2.05) is 32.1 Å². The summed E-state index contributed by atoms with van der Waals surface area (Å²) in [5, 5.41) is 49.6. The second kappa shape index (κ2) is 21.1. The summed E-state index contributed by atoms with van der Waals surface area (Å²) in [7, 11) is -4.91. The molecule has 2 amide bonds. The summed E-state index contributed by atoms with van der Waals surface area (Å²) in [4.78, 5) is 85.0. The number of rotatable bonds is 22. The van der Waals surface area contributed by atoms with Crippen molar-refractivity contribution in [2.45, 2.75) is 111 Å². The van der Waals surface area contributed by atoms with Gasteiger partial charge in [-0.05, 0) is 93.4 Å². The first kappa shape index (κ1) is 50.1. The van der Waals surface area contributed by atoms with E-state index in [1.165, 1.54) is 0 Å². The number of carbonyl (C=O) groups excluding carboxylic acids is 2. The zero-order valence-corrected chi connectivity index (χ0v) is 39.1. The zero-order chi connectivity index (χ0) is 48.9. The molecule has 0 spiro atoms. The van der Waals surface area contributed by atoms with Gasteiger partial charge >= 0.3 is 25.7 Å². The number of nitrogens with one attached hydrogen (secondary N) is 4. The van der Waals surface area contributed by atoms with Gasteiger partial charge in [-0.3, -0.25) is 23.7 Å². The highest BCUT2D eigenvalue weighted by atomic mass is 31.2. The van der Waals surface area contributed by atoms with E-state index in [2.05, 4.69) is 49.4 Å². The number of nitrogens with zero attached hydrogens (tertiary/aromatic N) is 3. The Labute approximate surface area is 388 Å². The van der Waals surface area contributed by atoms with Crippen molar-refractivity contribution in [1.82, 2.24) is 21.0 Å². The fourth-order valence-corrected chi connectivity index (χ4v) is 9.99. The van der Waals surface area contributed by atoms with Crippen molar-refractivity contribution < 1.29 is 58.4 Å². The molecule has 1 saturated heterocycles. The number of aliphatic imine (C=N–C) groups is 3. The first-order chi connectivity index (χ1) is 31.7. The van der Waals surface area contributed by atoms with Crippen molar-refractivity contribution in [2.24, 2.45) is 26.8 Å². The van der Waals surface area contributed by atoms with Crippen molar-refractivity contribution in [2.75, 3.05) is 13.2 Å². The minimum atomic E-state index is -4.91.